The number of anilines is 1. The SMILES string of the molecule is CNC(=O)c1cccnc1NCCNS(C)(=O)=O. The number of carbonyl (C=O) groups excluding carboxylic acids is 1. The van der Waals surface area contributed by atoms with Crippen LogP contribution in [0.15, 0.2) is 18.3 Å². The van der Waals surface area contributed by atoms with Crippen LogP contribution in [0.4, 0.5) is 5.82 Å². The van der Waals surface area contributed by atoms with Crippen LogP contribution >= 0.6 is 0 Å². The lowest BCUT2D eigenvalue weighted by molar-refractivity contribution is 0.0963. The molecule has 0 unspecified atom stereocenters. The molecule has 8 heteroatoms. The van der Waals surface area contributed by atoms with Gasteiger partial charge in [-0.25, -0.2) is 18.1 Å². The Morgan fingerprint density at radius 3 is 2.72 bits per heavy atom. The number of hydrogen-bond acceptors (Lipinski definition) is 5. The Labute approximate surface area is 106 Å². The lowest BCUT2D eigenvalue weighted by Crippen LogP contribution is -2.28. The number of rotatable bonds is 6. The van der Waals surface area contributed by atoms with Crippen LogP contribution < -0.4 is 15.4 Å². The Balaban J connectivity index is 2.60. The van der Waals surface area contributed by atoms with Gasteiger partial charge in [-0.3, -0.25) is 4.79 Å². The molecule has 0 fully saturated rings. The molecule has 0 aliphatic carbocycles. The number of pyridine rings is 1. The molecule has 1 aromatic rings. The highest BCUT2D eigenvalue weighted by Crippen LogP contribution is 2.10. The van der Waals surface area contributed by atoms with Gasteiger partial charge in [0.1, 0.15) is 5.82 Å². The summed E-state index contributed by atoms with van der Waals surface area (Å²) in [5.41, 5.74) is 0.416. The Kier molecular flexibility index (Phi) is 5.05. The minimum Gasteiger partial charge on any atom is -0.368 e. The van der Waals surface area contributed by atoms with E-state index in [1.807, 2.05) is 0 Å². The number of sulfonamides is 1. The fraction of sp³-hybridized carbons (Fsp3) is 0.400. The summed E-state index contributed by atoms with van der Waals surface area (Å²) in [5, 5.41) is 5.41. The van der Waals surface area contributed by atoms with Gasteiger partial charge in [-0.15, -0.1) is 0 Å². The highest BCUT2D eigenvalue weighted by Gasteiger charge is 2.09. The van der Waals surface area contributed by atoms with E-state index >= 15 is 0 Å². The second kappa shape index (κ2) is 6.31. The normalized spacial score (nSPS) is 11.0. The summed E-state index contributed by atoms with van der Waals surface area (Å²) in [6.07, 6.45) is 2.64. The topological polar surface area (TPSA) is 100 Å². The first-order valence-electron chi connectivity index (χ1n) is 5.29. The molecule has 0 bridgehead atoms. The number of amides is 1. The molecule has 1 aromatic heterocycles. The number of nitrogens with one attached hydrogen (secondary N) is 3. The van der Waals surface area contributed by atoms with Crippen molar-refractivity contribution in [2.45, 2.75) is 0 Å². The Morgan fingerprint density at radius 1 is 1.39 bits per heavy atom. The van der Waals surface area contributed by atoms with Gasteiger partial charge in [0.15, 0.2) is 0 Å². The van der Waals surface area contributed by atoms with Gasteiger partial charge >= 0.3 is 0 Å². The molecule has 0 atom stereocenters. The molecule has 100 valence electrons. The molecular weight excluding hydrogens is 256 g/mol. The molecule has 0 saturated heterocycles. The molecule has 0 aromatic carbocycles. The third-order valence-corrected chi connectivity index (χ3v) is 2.79. The zero-order chi connectivity index (χ0) is 13.6. The summed E-state index contributed by atoms with van der Waals surface area (Å²) in [6.45, 7) is 0.566. The van der Waals surface area contributed by atoms with Crippen molar-refractivity contribution in [3.05, 3.63) is 23.9 Å². The second-order valence-corrected chi connectivity index (χ2v) is 5.40. The summed E-state index contributed by atoms with van der Waals surface area (Å²) in [7, 11) is -1.67. The number of carbonyl (C=O) groups is 1. The van der Waals surface area contributed by atoms with E-state index < -0.39 is 10.0 Å². The fourth-order valence-corrected chi connectivity index (χ4v) is 1.75. The standard InChI is InChI=1S/C10H16N4O3S/c1-11-10(15)8-4-3-5-12-9(8)13-6-7-14-18(2,16)17/h3-5,14H,6-7H2,1-2H3,(H,11,15)(H,12,13). The number of aromatic nitrogens is 1. The van der Waals surface area contributed by atoms with E-state index in [1.165, 1.54) is 7.05 Å². The molecule has 0 aliphatic rings. The largest absolute Gasteiger partial charge is 0.368 e. The molecule has 1 heterocycles. The van der Waals surface area contributed by atoms with Crippen LogP contribution in [0.5, 0.6) is 0 Å². The maximum atomic E-state index is 11.5. The molecule has 0 saturated carbocycles. The zero-order valence-corrected chi connectivity index (χ0v) is 11.0. The van der Waals surface area contributed by atoms with Gasteiger partial charge in [-0.1, -0.05) is 0 Å². The Bertz CT molecular complexity index is 516. The van der Waals surface area contributed by atoms with Crippen molar-refractivity contribution in [1.82, 2.24) is 15.0 Å². The maximum absolute atomic E-state index is 11.5. The van der Waals surface area contributed by atoms with Crippen molar-refractivity contribution in [2.24, 2.45) is 0 Å². The molecule has 0 radical (unpaired) electrons. The van der Waals surface area contributed by atoms with E-state index in [4.69, 9.17) is 0 Å². The van der Waals surface area contributed by atoms with Crippen LogP contribution in [0.1, 0.15) is 10.4 Å². The van der Waals surface area contributed by atoms with Crippen LogP contribution in [-0.4, -0.2) is 45.7 Å². The average Bonchev–Trinajstić information content (AvgIpc) is 2.33. The predicted octanol–water partition coefficient (Wildman–Crippen LogP) is -0.598. The molecule has 18 heavy (non-hydrogen) atoms. The summed E-state index contributed by atoms with van der Waals surface area (Å²) >= 11 is 0. The van der Waals surface area contributed by atoms with E-state index in [1.54, 1.807) is 18.3 Å². The summed E-state index contributed by atoms with van der Waals surface area (Å²) in [6, 6.07) is 3.29. The third kappa shape index (κ3) is 4.68. The summed E-state index contributed by atoms with van der Waals surface area (Å²) < 4.78 is 24.0. The monoisotopic (exact) mass is 272 g/mol. The van der Waals surface area contributed by atoms with E-state index in [0.29, 0.717) is 17.9 Å². The number of nitrogens with zero attached hydrogens (tertiary/aromatic N) is 1. The summed E-state index contributed by atoms with van der Waals surface area (Å²) in [5.74, 6) is 0.175. The third-order valence-electron chi connectivity index (χ3n) is 2.06. The molecular formula is C10H16N4O3S. The van der Waals surface area contributed by atoms with Gasteiger partial charge in [0.25, 0.3) is 5.91 Å². The van der Waals surface area contributed by atoms with Gasteiger partial charge < -0.3 is 10.6 Å². The van der Waals surface area contributed by atoms with Gasteiger partial charge in [0.2, 0.25) is 10.0 Å². The van der Waals surface area contributed by atoms with Crippen LogP contribution in [0.25, 0.3) is 0 Å². The predicted molar refractivity (Wildman–Crippen MR) is 69.0 cm³/mol. The van der Waals surface area contributed by atoms with Crippen molar-refractivity contribution >= 4 is 21.7 Å². The highest BCUT2D eigenvalue weighted by atomic mass is 32.2. The van der Waals surface area contributed by atoms with E-state index in [-0.39, 0.29) is 12.5 Å². The highest BCUT2D eigenvalue weighted by molar-refractivity contribution is 7.88. The van der Waals surface area contributed by atoms with Crippen molar-refractivity contribution in [3.63, 3.8) is 0 Å². The van der Waals surface area contributed by atoms with Crippen LogP contribution in [0.2, 0.25) is 0 Å². The quantitative estimate of drug-likeness (QED) is 0.601. The zero-order valence-electron chi connectivity index (χ0n) is 10.2. The van der Waals surface area contributed by atoms with E-state index in [0.717, 1.165) is 6.26 Å². The lowest BCUT2D eigenvalue weighted by atomic mass is 10.2. The van der Waals surface area contributed by atoms with Gasteiger partial charge in [-0.05, 0) is 12.1 Å². The van der Waals surface area contributed by atoms with Gasteiger partial charge in [-0.2, -0.15) is 0 Å². The van der Waals surface area contributed by atoms with E-state index in [9.17, 15) is 13.2 Å². The first kappa shape index (κ1) is 14.4. The first-order valence-corrected chi connectivity index (χ1v) is 7.19. The average molecular weight is 272 g/mol. The molecule has 7 nitrogen and oxygen atoms in total. The fourth-order valence-electron chi connectivity index (χ4n) is 1.28. The minimum atomic E-state index is -3.20. The first-order chi connectivity index (χ1) is 8.44. The van der Waals surface area contributed by atoms with Crippen LogP contribution in [0.3, 0.4) is 0 Å². The summed E-state index contributed by atoms with van der Waals surface area (Å²) in [4.78, 5) is 15.6. The molecule has 3 N–H and O–H groups in total. The molecule has 1 rings (SSSR count). The van der Waals surface area contributed by atoms with Gasteiger partial charge in [0, 0.05) is 26.3 Å². The Hall–Kier alpha value is -1.67. The van der Waals surface area contributed by atoms with Crippen LogP contribution in [-0.2, 0) is 10.0 Å². The van der Waals surface area contributed by atoms with Crippen molar-refractivity contribution < 1.29 is 13.2 Å². The minimum absolute atomic E-state index is 0.225. The molecule has 1 amide bonds. The van der Waals surface area contributed by atoms with Crippen molar-refractivity contribution in [3.8, 4) is 0 Å². The smallest absolute Gasteiger partial charge is 0.254 e. The molecule has 0 spiro atoms. The van der Waals surface area contributed by atoms with Crippen molar-refractivity contribution in [1.29, 1.82) is 0 Å². The molecule has 0 aliphatic heterocycles. The van der Waals surface area contributed by atoms with E-state index in [2.05, 4.69) is 20.3 Å². The Morgan fingerprint density at radius 2 is 2.11 bits per heavy atom. The van der Waals surface area contributed by atoms with Crippen LogP contribution in [0, 0.1) is 0 Å². The van der Waals surface area contributed by atoms with Gasteiger partial charge in [0.05, 0.1) is 11.8 Å². The number of hydrogen-bond donors (Lipinski definition) is 3. The lowest BCUT2D eigenvalue weighted by Gasteiger charge is -2.09. The second-order valence-electron chi connectivity index (χ2n) is 3.57. The van der Waals surface area contributed by atoms with Crippen molar-refractivity contribution in [2.75, 3.05) is 31.7 Å². The maximum Gasteiger partial charge on any atom is 0.254 e.